The molecule has 1 saturated heterocycles. The highest BCUT2D eigenvalue weighted by atomic mass is 16.2. The van der Waals surface area contributed by atoms with Crippen LogP contribution >= 0.6 is 0 Å². The molecule has 1 fully saturated rings. The summed E-state index contributed by atoms with van der Waals surface area (Å²) in [4.78, 5) is 35.4. The third-order valence-corrected chi connectivity index (χ3v) is 5.65. The summed E-state index contributed by atoms with van der Waals surface area (Å²) >= 11 is 0. The number of benzene rings is 1. The lowest BCUT2D eigenvalue weighted by Crippen LogP contribution is -2.37. The van der Waals surface area contributed by atoms with Gasteiger partial charge in [-0.25, -0.2) is 0 Å². The normalized spacial score (nSPS) is 16.5. The highest BCUT2D eigenvalue weighted by Crippen LogP contribution is 2.21. The maximum Gasteiger partial charge on any atom is 0.225 e. The lowest BCUT2D eigenvalue weighted by Gasteiger charge is -2.23. The summed E-state index contributed by atoms with van der Waals surface area (Å²) in [5.41, 5.74) is 4.33. The Hall–Kier alpha value is -3.54. The average Bonchev–Trinajstić information content (AvgIpc) is 3.00. The van der Waals surface area contributed by atoms with Gasteiger partial charge in [0.2, 0.25) is 11.8 Å². The van der Waals surface area contributed by atoms with Gasteiger partial charge in [-0.3, -0.25) is 19.6 Å². The van der Waals surface area contributed by atoms with E-state index in [4.69, 9.17) is 0 Å². The number of amides is 2. The molecule has 158 valence electrons. The fourth-order valence-electron chi connectivity index (χ4n) is 3.89. The molecule has 0 saturated carbocycles. The summed E-state index contributed by atoms with van der Waals surface area (Å²) in [5.74, 6) is -0.150. The lowest BCUT2D eigenvalue weighted by atomic mass is 9.96. The first-order valence-corrected chi connectivity index (χ1v) is 10.6. The van der Waals surface area contributed by atoms with Gasteiger partial charge in [0, 0.05) is 50.8 Å². The summed E-state index contributed by atoms with van der Waals surface area (Å²) in [6.45, 7) is 1.50. The molecule has 3 heterocycles. The van der Waals surface area contributed by atoms with Crippen molar-refractivity contribution < 1.29 is 9.59 Å². The maximum absolute atomic E-state index is 12.8. The first-order valence-electron chi connectivity index (χ1n) is 10.6. The number of hydrogen-bond acceptors (Lipinski definition) is 4. The molecule has 0 spiro atoms. The zero-order valence-electron chi connectivity index (χ0n) is 17.4. The molecule has 1 aromatic carbocycles. The van der Waals surface area contributed by atoms with Crippen LogP contribution in [0.5, 0.6) is 0 Å². The second-order valence-corrected chi connectivity index (χ2v) is 7.83. The first-order chi connectivity index (χ1) is 15.2. The third-order valence-electron chi connectivity index (χ3n) is 5.65. The predicted molar refractivity (Wildman–Crippen MR) is 119 cm³/mol. The second-order valence-electron chi connectivity index (χ2n) is 7.83. The van der Waals surface area contributed by atoms with E-state index in [0.717, 1.165) is 22.3 Å². The van der Waals surface area contributed by atoms with Crippen molar-refractivity contribution in [2.75, 3.05) is 19.6 Å². The maximum atomic E-state index is 12.8. The van der Waals surface area contributed by atoms with Crippen molar-refractivity contribution in [1.29, 1.82) is 0 Å². The van der Waals surface area contributed by atoms with E-state index in [0.29, 0.717) is 38.9 Å². The molecule has 0 radical (unpaired) electrons. The van der Waals surface area contributed by atoms with E-state index in [1.54, 1.807) is 18.6 Å². The molecule has 4 rings (SSSR count). The largest absolute Gasteiger partial charge is 0.354 e. The van der Waals surface area contributed by atoms with Crippen molar-refractivity contribution >= 4 is 11.8 Å². The van der Waals surface area contributed by atoms with Crippen molar-refractivity contribution in [3.05, 3.63) is 84.4 Å². The van der Waals surface area contributed by atoms with Crippen molar-refractivity contribution in [1.82, 2.24) is 20.2 Å². The fraction of sp³-hybridized carbons (Fsp3) is 0.280. The Morgan fingerprint density at radius 1 is 0.968 bits per heavy atom. The summed E-state index contributed by atoms with van der Waals surface area (Å²) < 4.78 is 0. The fourth-order valence-corrected chi connectivity index (χ4v) is 3.89. The molecule has 0 bridgehead atoms. The molecule has 1 aliphatic rings. The molecule has 1 atom stereocenters. The van der Waals surface area contributed by atoms with Gasteiger partial charge < -0.3 is 10.2 Å². The van der Waals surface area contributed by atoms with Crippen molar-refractivity contribution in [2.45, 2.75) is 19.3 Å². The lowest BCUT2D eigenvalue weighted by molar-refractivity contribution is -0.132. The zero-order chi connectivity index (χ0) is 21.5. The van der Waals surface area contributed by atoms with Crippen LogP contribution in [0.25, 0.3) is 11.1 Å². The molecule has 0 aliphatic carbocycles. The van der Waals surface area contributed by atoms with E-state index in [1.807, 2.05) is 35.4 Å². The third kappa shape index (κ3) is 5.54. The quantitative estimate of drug-likeness (QED) is 0.673. The Balaban J connectivity index is 1.38. The number of rotatable bonds is 6. The van der Waals surface area contributed by atoms with Crippen LogP contribution in [0, 0.1) is 5.92 Å². The van der Waals surface area contributed by atoms with E-state index < -0.39 is 0 Å². The number of aryl methyl sites for hydroxylation is 1. The standard InChI is InChI=1S/C25H26N4O2/c30-24(8-5-19-9-12-26-13-10-19)29-15-14-28-25(31)23(18-29)16-20-3-6-21(7-4-20)22-2-1-11-27-17-22/h1-4,6-7,9-13,17,23H,5,8,14-16,18H2,(H,28,31). The highest BCUT2D eigenvalue weighted by molar-refractivity contribution is 5.82. The smallest absolute Gasteiger partial charge is 0.225 e. The van der Waals surface area contributed by atoms with Crippen molar-refractivity contribution in [2.24, 2.45) is 5.92 Å². The topological polar surface area (TPSA) is 75.2 Å². The molecule has 1 N–H and O–H groups in total. The van der Waals surface area contributed by atoms with Crippen LogP contribution in [0.4, 0.5) is 0 Å². The van der Waals surface area contributed by atoms with Crippen LogP contribution in [0.1, 0.15) is 17.5 Å². The molecule has 3 aromatic rings. The van der Waals surface area contributed by atoms with Gasteiger partial charge in [-0.1, -0.05) is 30.3 Å². The second kappa shape index (κ2) is 9.98. The highest BCUT2D eigenvalue weighted by Gasteiger charge is 2.27. The monoisotopic (exact) mass is 414 g/mol. The van der Waals surface area contributed by atoms with Gasteiger partial charge in [0.15, 0.2) is 0 Å². The van der Waals surface area contributed by atoms with Crippen LogP contribution in [-0.4, -0.2) is 46.3 Å². The molecule has 1 unspecified atom stereocenters. The van der Waals surface area contributed by atoms with Crippen LogP contribution < -0.4 is 5.32 Å². The van der Waals surface area contributed by atoms with E-state index in [1.165, 1.54) is 0 Å². The molecule has 2 aromatic heterocycles. The molecule has 6 heteroatoms. The minimum atomic E-state index is -0.253. The van der Waals surface area contributed by atoms with Gasteiger partial charge >= 0.3 is 0 Å². The summed E-state index contributed by atoms with van der Waals surface area (Å²) in [7, 11) is 0. The number of carbonyl (C=O) groups excluding carboxylic acids is 2. The first kappa shape index (κ1) is 20.7. The van der Waals surface area contributed by atoms with Crippen LogP contribution in [0.15, 0.2) is 73.3 Å². The van der Waals surface area contributed by atoms with E-state index in [-0.39, 0.29) is 17.7 Å². The zero-order valence-corrected chi connectivity index (χ0v) is 17.4. The Morgan fingerprint density at radius 2 is 1.77 bits per heavy atom. The molecule has 1 aliphatic heterocycles. The average molecular weight is 415 g/mol. The number of nitrogens with one attached hydrogen (secondary N) is 1. The Morgan fingerprint density at radius 3 is 2.52 bits per heavy atom. The minimum absolute atomic E-state index is 0.0146. The number of nitrogens with zero attached hydrogens (tertiary/aromatic N) is 3. The molecular weight excluding hydrogens is 388 g/mol. The van der Waals surface area contributed by atoms with E-state index in [9.17, 15) is 9.59 Å². The molecule has 2 amide bonds. The van der Waals surface area contributed by atoms with E-state index in [2.05, 4.69) is 39.6 Å². The summed E-state index contributed by atoms with van der Waals surface area (Å²) in [5, 5.41) is 2.96. The summed E-state index contributed by atoms with van der Waals surface area (Å²) in [6, 6.07) is 16.0. The Bertz CT molecular complexity index is 1010. The molecular formula is C25H26N4O2. The van der Waals surface area contributed by atoms with Gasteiger partial charge in [0.1, 0.15) is 0 Å². The number of aromatic nitrogens is 2. The van der Waals surface area contributed by atoms with Gasteiger partial charge in [0.05, 0.1) is 5.92 Å². The van der Waals surface area contributed by atoms with Gasteiger partial charge in [-0.2, -0.15) is 0 Å². The summed E-state index contributed by atoms with van der Waals surface area (Å²) in [6.07, 6.45) is 8.79. The number of pyridine rings is 2. The van der Waals surface area contributed by atoms with Crippen molar-refractivity contribution in [3.63, 3.8) is 0 Å². The van der Waals surface area contributed by atoms with Crippen LogP contribution in [0.3, 0.4) is 0 Å². The predicted octanol–water partition coefficient (Wildman–Crippen LogP) is 2.89. The number of carbonyl (C=O) groups is 2. The van der Waals surface area contributed by atoms with Gasteiger partial charge in [-0.15, -0.1) is 0 Å². The minimum Gasteiger partial charge on any atom is -0.354 e. The van der Waals surface area contributed by atoms with Crippen LogP contribution in [-0.2, 0) is 22.4 Å². The molecule has 31 heavy (non-hydrogen) atoms. The molecule has 6 nitrogen and oxygen atoms in total. The van der Waals surface area contributed by atoms with Crippen LogP contribution in [0.2, 0.25) is 0 Å². The number of hydrogen-bond donors (Lipinski definition) is 1. The van der Waals surface area contributed by atoms with Crippen molar-refractivity contribution in [3.8, 4) is 11.1 Å². The van der Waals surface area contributed by atoms with Gasteiger partial charge in [0.25, 0.3) is 0 Å². The van der Waals surface area contributed by atoms with E-state index >= 15 is 0 Å². The SMILES string of the molecule is O=C1NCCN(C(=O)CCc2ccncc2)CC1Cc1ccc(-c2cccnc2)cc1. The Labute approximate surface area is 182 Å². The van der Waals surface area contributed by atoms with Gasteiger partial charge in [-0.05, 0) is 53.3 Å². The Kier molecular flexibility index (Phi) is 6.67.